The molecule has 1 N–H and O–H groups in total. The van der Waals surface area contributed by atoms with Crippen LogP contribution in [0.1, 0.15) is 26.7 Å². The number of carbonyl (C=O) groups is 1. The predicted molar refractivity (Wildman–Crippen MR) is 103 cm³/mol. The van der Waals surface area contributed by atoms with E-state index in [-0.39, 0.29) is 12.2 Å². The third-order valence-corrected chi connectivity index (χ3v) is 5.46. The summed E-state index contributed by atoms with van der Waals surface area (Å²) in [5, 5.41) is 10.1. The molecule has 2 heterocycles. The number of halogens is 1. The van der Waals surface area contributed by atoms with E-state index in [9.17, 15) is 9.18 Å². The molecule has 26 heavy (non-hydrogen) atoms. The second-order valence-corrected chi connectivity index (χ2v) is 8.46. The molecule has 1 aliphatic rings. The van der Waals surface area contributed by atoms with Crippen molar-refractivity contribution < 1.29 is 14.3 Å². The van der Waals surface area contributed by atoms with E-state index in [2.05, 4.69) is 18.8 Å². The molecule has 3 rings (SSSR count). The number of hydrogen-bond acceptors (Lipinski definition) is 4. The maximum Gasteiger partial charge on any atom is 0.303 e. The van der Waals surface area contributed by atoms with Gasteiger partial charge >= 0.3 is 5.97 Å². The number of thioether (sulfide) groups is 1. The zero-order valence-electron chi connectivity index (χ0n) is 15.0. The highest BCUT2D eigenvalue weighted by Gasteiger charge is 2.29. The quantitative estimate of drug-likeness (QED) is 0.713. The molecule has 4 nitrogen and oxygen atoms in total. The molecule has 138 valence electrons. The number of carboxylic acids is 1. The van der Waals surface area contributed by atoms with Gasteiger partial charge in [0, 0.05) is 36.5 Å². The van der Waals surface area contributed by atoms with E-state index >= 15 is 0 Å². The molecule has 1 aromatic carbocycles. The van der Waals surface area contributed by atoms with Crippen molar-refractivity contribution in [3.05, 3.63) is 42.3 Å². The largest absolute Gasteiger partial charge is 0.481 e. The summed E-state index contributed by atoms with van der Waals surface area (Å²) < 4.78 is 14.7. The molecule has 0 bridgehead atoms. The van der Waals surface area contributed by atoms with Crippen molar-refractivity contribution in [1.82, 2.24) is 4.98 Å². The molecule has 0 saturated carbocycles. The van der Waals surface area contributed by atoms with Crippen LogP contribution in [0.2, 0.25) is 0 Å². The molecule has 1 saturated heterocycles. The van der Waals surface area contributed by atoms with Crippen molar-refractivity contribution in [2.75, 3.05) is 18.0 Å². The van der Waals surface area contributed by atoms with Gasteiger partial charge in [-0.3, -0.25) is 4.79 Å². The van der Waals surface area contributed by atoms with Gasteiger partial charge in [-0.2, -0.15) is 0 Å². The smallest absolute Gasteiger partial charge is 0.303 e. The van der Waals surface area contributed by atoms with Crippen LogP contribution in [0.5, 0.6) is 0 Å². The van der Waals surface area contributed by atoms with Gasteiger partial charge in [0.05, 0.1) is 5.69 Å². The highest BCUT2D eigenvalue weighted by Crippen LogP contribution is 2.35. The number of carboxylic acid groups (broad SMARTS) is 1. The summed E-state index contributed by atoms with van der Waals surface area (Å²) in [6.07, 6.45) is 2.59. The lowest BCUT2D eigenvalue weighted by molar-refractivity contribution is -0.137. The van der Waals surface area contributed by atoms with Crippen molar-refractivity contribution in [3.8, 4) is 11.1 Å². The Morgan fingerprint density at radius 3 is 2.81 bits per heavy atom. The third-order valence-electron chi connectivity index (χ3n) is 4.44. The molecule has 0 unspecified atom stereocenters. The normalized spacial score (nSPS) is 14.5. The van der Waals surface area contributed by atoms with Gasteiger partial charge in [0.15, 0.2) is 0 Å². The number of pyridine rings is 1. The first kappa shape index (κ1) is 18.7. The van der Waals surface area contributed by atoms with E-state index < -0.39 is 5.97 Å². The van der Waals surface area contributed by atoms with Crippen LogP contribution in [0.3, 0.4) is 0 Å². The number of anilines is 1. The van der Waals surface area contributed by atoms with E-state index in [0.29, 0.717) is 36.4 Å². The number of benzene rings is 1. The van der Waals surface area contributed by atoms with E-state index in [0.717, 1.165) is 16.2 Å². The summed E-state index contributed by atoms with van der Waals surface area (Å²) in [5.74, 6) is -0.688. The molecule has 0 amide bonds. The van der Waals surface area contributed by atoms with Crippen LogP contribution in [-0.4, -0.2) is 34.4 Å². The van der Waals surface area contributed by atoms with Crippen molar-refractivity contribution in [1.29, 1.82) is 0 Å². The maximum absolute atomic E-state index is 14.7. The average molecular weight is 374 g/mol. The lowest BCUT2D eigenvalue weighted by atomic mass is 9.93. The number of nitrogens with zero attached hydrogens (tertiary/aromatic N) is 2. The zero-order valence-corrected chi connectivity index (χ0v) is 15.8. The molecule has 0 aliphatic carbocycles. The van der Waals surface area contributed by atoms with Crippen molar-refractivity contribution in [2.45, 2.75) is 37.0 Å². The molecule has 0 spiro atoms. The highest BCUT2D eigenvalue weighted by molar-refractivity contribution is 7.99. The minimum absolute atomic E-state index is 0.178. The Hall–Kier alpha value is -2.08. The summed E-state index contributed by atoms with van der Waals surface area (Å²) in [7, 11) is 0. The van der Waals surface area contributed by atoms with Crippen molar-refractivity contribution in [3.63, 3.8) is 0 Å². The summed E-state index contributed by atoms with van der Waals surface area (Å²) in [4.78, 5) is 17.0. The molecular formula is C20H23FN2O2S. The van der Waals surface area contributed by atoms with Crippen LogP contribution < -0.4 is 4.90 Å². The van der Waals surface area contributed by atoms with Gasteiger partial charge in [0.25, 0.3) is 0 Å². The topological polar surface area (TPSA) is 53.4 Å². The second-order valence-electron chi connectivity index (χ2n) is 6.89. The monoisotopic (exact) mass is 374 g/mol. The van der Waals surface area contributed by atoms with Crippen LogP contribution in [0, 0.1) is 11.7 Å². The number of hydrogen-bond donors (Lipinski definition) is 1. The number of rotatable bonds is 7. The van der Waals surface area contributed by atoms with E-state index in [1.165, 1.54) is 0 Å². The third kappa shape index (κ3) is 4.36. The Morgan fingerprint density at radius 1 is 1.38 bits per heavy atom. The molecule has 0 radical (unpaired) electrons. The second kappa shape index (κ2) is 8.08. The maximum atomic E-state index is 14.7. The fourth-order valence-corrected chi connectivity index (χ4v) is 4.02. The first-order valence-electron chi connectivity index (χ1n) is 8.82. The number of aromatic nitrogens is 1. The van der Waals surface area contributed by atoms with Crippen LogP contribution in [0.25, 0.3) is 11.1 Å². The van der Waals surface area contributed by atoms with Crippen LogP contribution in [0.4, 0.5) is 10.1 Å². The van der Waals surface area contributed by atoms with E-state index in [4.69, 9.17) is 5.11 Å². The van der Waals surface area contributed by atoms with Gasteiger partial charge in [-0.25, -0.2) is 9.37 Å². The first-order valence-corrected chi connectivity index (χ1v) is 9.70. The molecule has 1 aromatic heterocycles. The average Bonchev–Trinajstić information content (AvgIpc) is 2.54. The summed E-state index contributed by atoms with van der Waals surface area (Å²) >= 11 is 1.67. The summed E-state index contributed by atoms with van der Waals surface area (Å²) in [6.45, 7) is 5.64. The minimum atomic E-state index is -0.773. The number of aliphatic carboxylic acids is 1. The Kier molecular flexibility index (Phi) is 5.81. The summed E-state index contributed by atoms with van der Waals surface area (Å²) in [5.41, 5.74) is 2.35. The molecule has 6 heteroatoms. The predicted octanol–water partition coefficient (Wildman–Crippen LogP) is 4.69. The molecule has 1 aliphatic heterocycles. The standard InChI is InChI=1S/C20H23FN2O2S/c1-13(2)26-20-16(4-3-9-22-20)15-6-7-18(17(21)10-15)23-11-14(12-23)5-8-19(24)25/h3-4,6-7,9-10,13-14H,5,8,11-12H2,1-2H3,(H,24,25). The molecular weight excluding hydrogens is 351 g/mol. The van der Waals surface area contributed by atoms with E-state index in [1.807, 2.05) is 29.2 Å². The molecule has 0 atom stereocenters. The van der Waals surface area contributed by atoms with Crippen LogP contribution in [-0.2, 0) is 4.79 Å². The van der Waals surface area contributed by atoms with Gasteiger partial charge in [0.2, 0.25) is 0 Å². The van der Waals surface area contributed by atoms with Crippen LogP contribution >= 0.6 is 11.8 Å². The van der Waals surface area contributed by atoms with Crippen molar-refractivity contribution >= 4 is 23.4 Å². The SMILES string of the molecule is CC(C)Sc1ncccc1-c1ccc(N2CC(CCC(=O)O)C2)c(F)c1. The Bertz CT molecular complexity index is 791. The lowest BCUT2D eigenvalue weighted by Gasteiger charge is -2.41. The van der Waals surface area contributed by atoms with Crippen molar-refractivity contribution in [2.24, 2.45) is 5.92 Å². The highest BCUT2D eigenvalue weighted by atomic mass is 32.2. The van der Waals surface area contributed by atoms with Crippen LogP contribution in [0.15, 0.2) is 41.6 Å². The van der Waals surface area contributed by atoms with E-state index in [1.54, 1.807) is 24.0 Å². The summed E-state index contributed by atoms with van der Waals surface area (Å²) in [6, 6.07) is 9.16. The lowest BCUT2D eigenvalue weighted by Crippen LogP contribution is -2.47. The molecule has 1 fully saturated rings. The first-order chi connectivity index (χ1) is 12.4. The van der Waals surface area contributed by atoms with Gasteiger partial charge in [-0.15, -0.1) is 11.8 Å². The van der Waals surface area contributed by atoms with Gasteiger partial charge in [-0.1, -0.05) is 26.0 Å². The Balaban J connectivity index is 1.72. The van der Waals surface area contributed by atoms with Gasteiger partial charge < -0.3 is 10.0 Å². The fourth-order valence-electron chi connectivity index (χ4n) is 3.14. The molecule has 2 aromatic rings. The van der Waals surface area contributed by atoms with Gasteiger partial charge in [0.1, 0.15) is 10.8 Å². The Labute approximate surface area is 157 Å². The van der Waals surface area contributed by atoms with Gasteiger partial charge in [-0.05, 0) is 36.1 Å². The zero-order chi connectivity index (χ0) is 18.7. The Morgan fingerprint density at radius 2 is 2.15 bits per heavy atom. The fraction of sp³-hybridized carbons (Fsp3) is 0.400. The minimum Gasteiger partial charge on any atom is -0.481 e.